The number of anilines is 1. The van der Waals surface area contributed by atoms with Crippen LogP contribution < -0.4 is 5.32 Å². The molecule has 1 atom stereocenters. The van der Waals surface area contributed by atoms with E-state index in [1.165, 1.54) is 36.4 Å². The van der Waals surface area contributed by atoms with E-state index in [9.17, 15) is 22.8 Å². The molecule has 9 heteroatoms. The fourth-order valence-electron chi connectivity index (χ4n) is 2.42. The van der Waals surface area contributed by atoms with Crippen LogP contribution in [0.3, 0.4) is 0 Å². The first kappa shape index (κ1) is 21.6. The number of esters is 1. The summed E-state index contributed by atoms with van der Waals surface area (Å²) in [5.74, 6) is -3.44. The summed E-state index contributed by atoms with van der Waals surface area (Å²) in [6.07, 6.45) is -0.680. The molecule has 7 nitrogen and oxygen atoms in total. The highest BCUT2D eigenvalue weighted by Gasteiger charge is 2.37. The summed E-state index contributed by atoms with van der Waals surface area (Å²) in [6.45, 7) is 0. The number of benzene rings is 2. The SMILES string of the molecule is COC(=O)CC(C(=O)c1ccccc1)S(=O)(=O)CC(=O)Nc1ccc(Cl)cc1. The minimum absolute atomic E-state index is 0.123. The predicted molar refractivity (Wildman–Crippen MR) is 105 cm³/mol. The molecule has 0 saturated carbocycles. The van der Waals surface area contributed by atoms with Crippen LogP contribution in [0.2, 0.25) is 5.02 Å². The van der Waals surface area contributed by atoms with Crippen LogP contribution in [-0.4, -0.2) is 44.2 Å². The van der Waals surface area contributed by atoms with Crippen LogP contribution >= 0.6 is 11.6 Å². The van der Waals surface area contributed by atoms with Crippen LogP contribution in [0.5, 0.6) is 0 Å². The maximum absolute atomic E-state index is 12.7. The Balaban J connectivity index is 2.22. The maximum atomic E-state index is 12.7. The van der Waals surface area contributed by atoms with Gasteiger partial charge in [0.15, 0.2) is 15.6 Å². The van der Waals surface area contributed by atoms with E-state index in [0.29, 0.717) is 10.7 Å². The van der Waals surface area contributed by atoms with Crippen LogP contribution in [0.4, 0.5) is 5.69 Å². The van der Waals surface area contributed by atoms with Gasteiger partial charge in [0.25, 0.3) is 0 Å². The molecule has 2 aromatic rings. The second-order valence-electron chi connectivity index (χ2n) is 5.86. The van der Waals surface area contributed by atoms with Gasteiger partial charge in [-0.05, 0) is 24.3 Å². The van der Waals surface area contributed by atoms with E-state index in [1.54, 1.807) is 18.2 Å². The molecule has 0 heterocycles. The van der Waals surface area contributed by atoms with Crippen LogP contribution in [0.25, 0.3) is 0 Å². The summed E-state index contributed by atoms with van der Waals surface area (Å²) >= 11 is 5.76. The molecule has 0 aromatic heterocycles. The Labute approximate surface area is 167 Å². The Morgan fingerprint density at radius 1 is 1.04 bits per heavy atom. The Bertz CT molecular complexity index is 958. The number of amides is 1. The molecule has 0 aliphatic rings. The van der Waals surface area contributed by atoms with Gasteiger partial charge in [0.1, 0.15) is 11.0 Å². The molecule has 28 heavy (non-hydrogen) atoms. The van der Waals surface area contributed by atoms with Crippen molar-refractivity contribution < 1.29 is 27.5 Å². The third-order valence-electron chi connectivity index (χ3n) is 3.82. The Morgan fingerprint density at radius 2 is 1.64 bits per heavy atom. The first-order chi connectivity index (χ1) is 13.2. The van der Waals surface area contributed by atoms with Crippen molar-refractivity contribution in [3.8, 4) is 0 Å². The third kappa shape index (κ3) is 5.90. The molecule has 1 amide bonds. The number of carbonyl (C=O) groups excluding carboxylic acids is 3. The lowest BCUT2D eigenvalue weighted by Crippen LogP contribution is -2.38. The van der Waals surface area contributed by atoms with Gasteiger partial charge >= 0.3 is 5.97 Å². The van der Waals surface area contributed by atoms with Gasteiger partial charge in [-0.1, -0.05) is 41.9 Å². The average Bonchev–Trinajstić information content (AvgIpc) is 2.67. The molecule has 2 aromatic carbocycles. The summed E-state index contributed by atoms with van der Waals surface area (Å²) in [7, 11) is -3.20. The van der Waals surface area contributed by atoms with Crippen molar-refractivity contribution >= 4 is 44.8 Å². The molecule has 148 valence electrons. The number of methoxy groups -OCH3 is 1. The highest BCUT2D eigenvalue weighted by atomic mass is 35.5. The largest absolute Gasteiger partial charge is 0.469 e. The second kappa shape index (κ2) is 9.48. The molecule has 0 bridgehead atoms. The quantitative estimate of drug-likeness (QED) is 0.516. The van der Waals surface area contributed by atoms with Gasteiger partial charge in [-0.2, -0.15) is 0 Å². The lowest BCUT2D eigenvalue weighted by atomic mass is 10.1. The molecule has 0 aliphatic carbocycles. The highest BCUT2D eigenvalue weighted by molar-refractivity contribution is 7.93. The van der Waals surface area contributed by atoms with Crippen LogP contribution in [0, 0.1) is 0 Å². The van der Waals surface area contributed by atoms with Crippen molar-refractivity contribution in [1.82, 2.24) is 0 Å². The van der Waals surface area contributed by atoms with Crippen molar-refractivity contribution in [3.63, 3.8) is 0 Å². The maximum Gasteiger partial charge on any atom is 0.307 e. The summed E-state index contributed by atoms with van der Waals surface area (Å²) < 4.78 is 30.0. The van der Waals surface area contributed by atoms with Gasteiger partial charge < -0.3 is 10.1 Å². The lowest BCUT2D eigenvalue weighted by Gasteiger charge is -2.16. The van der Waals surface area contributed by atoms with E-state index >= 15 is 0 Å². The molecule has 0 aliphatic heterocycles. The standard InChI is InChI=1S/C19H18ClNO6S/c1-27-18(23)11-16(19(24)13-5-3-2-4-6-13)28(25,26)12-17(22)21-15-9-7-14(20)8-10-15/h2-10,16H,11-12H2,1H3,(H,21,22). The number of rotatable bonds is 8. The molecule has 0 radical (unpaired) electrons. The number of halogens is 1. The molecule has 0 fully saturated rings. The fraction of sp³-hybridized carbons (Fsp3) is 0.211. The second-order valence-corrected chi connectivity index (χ2v) is 8.48. The zero-order chi connectivity index (χ0) is 20.7. The number of ether oxygens (including phenoxy) is 1. The number of ketones is 1. The lowest BCUT2D eigenvalue weighted by molar-refractivity contribution is -0.140. The minimum Gasteiger partial charge on any atom is -0.469 e. The number of Topliss-reactive ketones (excluding diaryl/α,β-unsaturated/α-hetero) is 1. The molecule has 1 unspecified atom stereocenters. The summed E-state index contributed by atoms with van der Waals surface area (Å²) in [5.41, 5.74) is 0.474. The summed E-state index contributed by atoms with van der Waals surface area (Å²) in [4.78, 5) is 36.5. The first-order valence-electron chi connectivity index (χ1n) is 8.16. The van der Waals surface area contributed by atoms with Crippen molar-refractivity contribution in [2.45, 2.75) is 11.7 Å². The van der Waals surface area contributed by atoms with Gasteiger partial charge in [-0.25, -0.2) is 8.42 Å². The van der Waals surface area contributed by atoms with Crippen LogP contribution in [-0.2, 0) is 24.2 Å². The number of carbonyl (C=O) groups is 3. The topological polar surface area (TPSA) is 107 Å². The van der Waals surface area contributed by atoms with Gasteiger partial charge in [0, 0.05) is 16.3 Å². The van der Waals surface area contributed by atoms with Crippen molar-refractivity contribution in [2.24, 2.45) is 0 Å². The zero-order valence-corrected chi connectivity index (χ0v) is 16.5. The molecule has 2 rings (SSSR count). The Kier molecular flexibility index (Phi) is 7.31. The number of nitrogens with one attached hydrogen (secondary N) is 1. The molecular formula is C19H18ClNO6S. The van der Waals surface area contributed by atoms with E-state index in [-0.39, 0.29) is 5.56 Å². The summed E-state index contributed by atoms with van der Waals surface area (Å²) in [6, 6.07) is 13.8. The smallest absolute Gasteiger partial charge is 0.307 e. The fourth-order valence-corrected chi connectivity index (χ4v) is 4.04. The van der Waals surface area contributed by atoms with E-state index in [4.69, 9.17) is 11.6 Å². The minimum atomic E-state index is -4.29. The first-order valence-corrected chi connectivity index (χ1v) is 10.3. The number of sulfone groups is 1. The van der Waals surface area contributed by atoms with Crippen LogP contribution in [0.15, 0.2) is 54.6 Å². The van der Waals surface area contributed by atoms with Gasteiger partial charge in [-0.3, -0.25) is 14.4 Å². The molecular weight excluding hydrogens is 406 g/mol. The summed E-state index contributed by atoms with van der Waals surface area (Å²) in [5, 5.41) is 1.15. The average molecular weight is 424 g/mol. The van der Waals surface area contributed by atoms with Gasteiger partial charge in [-0.15, -0.1) is 0 Å². The van der Waals surface area contributed by atoms with Crippen molar-refractivity contribution in [1.29, 1.82) is 0 Å². The van der Waals surface area contributed by atoms with E-state index in [2.05, 4.69) is 10.1 Å². The van der Waals surface area contributed by atoms with Crippen molar-refractivity contribution in [2.75, 3.05) is 18.2 Å². The van der Waals surface area contributed by atoms with Gasteiger partial charge in [0.2, 0.25) is 5.91 Å². The number of hydrogen-bond acceptors (Lipinski definition) is 6. The third-order valence-corrected chi connectivity index (χ3v) is 5.99. The normalized spacial score (nSPS) is 12.1. The van der Waals surface area contributed by atoms with Crippen LogP contribution in [0.1, 0.15) is 16.8 Å². The van der Waals surface area contributed by atoms with E-state index in [0.717, 1.165) is 7.11 Å². The Morgan fingerprint density at radius 3 is 2.21 bits per heavy atom. The van der Waals surface area contributed by atoms with Gasteiger partial charge in [0.05, 0.1) is 13.5 Å². The molecule has 0 spiro atoms. The Hall–Kier alpha value is -2.71. The zero-order valence-electron chi connectivity index (χ0n) is 14.9. The van der Waals surface area contributed by atoms with E-state index in [1.807, 2.05) is 0 Å². The monoisotopic (exact) mass is 423 g/mol. The van der Waals surface area contributed by atoms with Crippen molar-refractivity contribution in [3.05, 3.63) is 65.2 Å². The predicted octanol–water partition coefficient (Wildman–Crippen LogP) is 2.51. The number of hydrogen-bond donors (Lipinski definition) is 1. The molecule has 1 N–H and O–H groups in total. The highest BCUT2D eigenvalue weighted by Crippen LogP contribution is 2.17. The molecule has 0 saturated heterocycles. The van der Waals surface area contributed by atoms with E-state index < -0.39 is 44.9 Å².